The second kappa shape index (κ2) is 12.0. The Balaban J connectivity index is 1.22. The molecule has 0 heterocycles. The summed E-state index contributed by atoms with van der Waals surface area (Å²) in [7, 11) is 2.09. The van der Waals surface area contributed by atoms with Crippen molar-refractivity contribution in [2.45, 2.75) is 72.3 Å². The summed E-state index contributed by atoms with van der Waals surface area (Å²) in [5, 5.41) is 3.04. The van der Waals surface area contributed by atoms with Crippen LogP contribution >= 0.6 is 11.9 Å². The lowest BCUT2D eigenvalue weighted by atomic mass is 9.70. The van der Waals surface area contributed by atoms with Crippen molar-refractivity contribution in [3.8, 4) is 0 Å². The molecule has 5 atom stereocenters. The van der Waals surface area contributed by atoms with Gasteiger partial charge in [0.1, 0.15) is 5.78 Å². The van der Waals surface area contributed by atoms with Gasteiger partial charge in [0.05, 0.1) is 12.6 Å². The van der Waals surface area contributed by atoms with Crippen molar-refractivity contribution >= 4 is 29.4 Å². The summed E-state index contributed by atoms with van der Waals surface area (Å²) >= 11 is 1.50. The largest absolute Gasteiger partial charge is 0.378 e. The average molecular weight is 540 g/mol. The molecule has 7 heteroatoms. The first-order valence-electron chi connectivity index (χ1n) is 14.3. The van der Waals surface area contributed by atoms with Crippen LogP contribution in [0.5, 0.6) is 0 Å². The van der Waals surface area contributed by atoms with E-state index < -0.39 is 6.04 Å². The minimum atomic E-state index is -0.499. The molecule has 6 nitrogen and oxygen atoms in total. The van der Waals surface area contributed by atoms with Gasteiger partial charge in [-0.05, 0) is 54.9 Å². The Kier molecular flexibility index (Phi) is 9.08. The number of fused-ring (bicyclic) bond motifs is 2. The molecular weight excluding hydrogens is 494 g/mol. The summed E-state index contributed by atoms with van der Waals surface area (Å²) in [4.78, 5) is 41.1. The Labute approximate surface area is 232 Å². The monoisotopic (exact) mass is 539 g/mol. The molecule has 0 spiro atoms. The molecule has 2 fully saturated rings. The molecule has 0 aliphatic heterocycles. The first-order chi connectivity index (χ1) is 18.1. The number of carbonyl (C=O) groups is 3. The van der Waals surface area contributed by atoms with E-state index in [0.29, 0.717) is 36.7 Å². The molecule has 2 bridgehead atoms. The van der Waals surface area contributed by atoms with Gasteiger partial charge in [0.2, 0.25) is 5.91 Å². The molecule has 2 saturated carbocycles. The smallest absolute Gasteiger partial charge is 0.224 e. The highest BCUT2D eigenvalue weighted by Gasteiger charge is 2.63. The van der Waals surface area contributed by atoms with E-state index >= 15 is 0 Å². The molecule has 5 unspecified atom stereocenters. The average Bonchev–Trinajstić information content (AvgIpc) is 3.47. The summed E-state index contributed by atoms with van der Waals surface area (Å²) in [5.41, 5.74) is 2.27. The van der Waals surface area contributed by atoms with Crippen LogP contribution in [0.25, 0.3) is 0 Å². The Hall–Kier alpha value is -2.12. The van der Waals surface area contributed by atoms with Crippen LogP contribution in [0.15, 0.2) is 42.1 Å². The van der Waals surface area contributed by atoms with Crippen molar-refractivity contribution in [3.05, 3.63) is 47.7 Å². The fraction of sp³-hybridized carbons (Fsp3) is 0.645. The van der Waals surface area contributed by atoms with Crippen LogP contribution in [0.3, 0.4) is 0 Å². The quantitative estimate of drug-likeness (QED) is 0.277. The Morgan fingerprint density at radius 2 is 1.92 bits per heavy atom. The molecule has 4 rings (SSSR count). The maximum atomic E-state index is 13.2. The topological polar surface area (TPSA) is 78.5 Å². The number of nitrogens with zero attached hydrogens (tertiary/aromatic N) is 1. The van der Waals surface area contributed by atoms with E-state index in [9.17, 15) is 14.4 Å². The van der Waals surface area contributed by atoms with E-state index in [1.807, 2.05) is 13.0 Å². The number of allylic oxidation sites excluding steroid dienone is 2. The third kappa shape index (κ3) is 5.74. The van der Waals surface area contributed by atoms with Crippen molar-refractivity contribution in [2.75, 3.05) is 25.9 Å². The molecular formula is C31H45N3O3S. The van der Waals surface area contributed by atoms with E-state index in [1.54, 1.807) is 0 Å². The molecule has 1 aromatic carbocycles. The van der Waals surface area contributed by atoms with Gasteiger partial charge >= 0.3 is 0 Å². The van der Waals surface area contributed by atoms with Crippen LogP contribution < -0.4 is 10.0 Å². The van der Waals surface area contributed by atoms with E-state index in [2.05, 4.69) is 73.1 Å². The highest BCUT2D eigenvalue weighted by Crippen LogP contribution is 2.64. The minimum Gasteiger partial charge on any atom is -0.378 e. The zero-order valence-electron chi connectivity index (χ0n) is 23.7. The predicted molar refractivity (Wildman–Crippen MR) is 154 cm³/mol. The van der Waals surface area contributed by atoms with E-state index in [0.717, 1.165) is 25.8 Å². The van der Waals surface area contributed by atoms with E-state index in [1.165, 1.54) is 23.2 Å². The molecule has 0 saturated heterocycles. The van der Waals surface area contributed by atoms with Crippen molar-refractivity contribution in [1.29, 1.82) is 0 Å². The number of likely N-dealkylation sites (N-methyl/N-ethyl adjacent to an activating group) is 1. The zero-order chi connectivity index (χ0) is 27.5. The summed E-state index contributed by atoms with van der Waals surface area (Å²) in [6, 6.07) is 9.94. The van der Waals surface area contributed by atoms with Gasteiger partial charge in [0.25, 0.3) is 0 Å². The van der Waals surface area contributed by atoms with Crippen LogP contribution in [0.2, 0.25) is 0 Å². The van der Waals surface area contributed by atoms with Gasteiger partial charge in [-0.3, -0.25) is 19.1 Å². The summed E-state index contributed by atoms with van der Waals surface area (Å²) < 4.78 is 3.21. The van der Waals surface area contributed by atoms with Crippen LogP contribution in [0.4, 0.5) is 0 Å². The number of hydrogen-bond donors (Lipinski definition) is 2. The van der Waals surface area contributed by atoms with E-state index in [4.69, 9.17) is 0 Å². The molecule has 2 N–H and O–H groups in total. The highest BCUT2D eigenvalue weighted by atomic mass is 32.2. The lowest BCUT2D eigenvalue weighted by Crippen LogP contribution is -2.46. The molecule has 1 amide bonds. The van der Waals surface area contributed by atoms with Crippen LogP contribution in [0, 0.1) is 28.6 Å². The highest BCUT2D eigenvalue weighted by molar-refractivity contribution is 7.97. The molecule has 0 radical (unpaired) electrons. The first-order valence-corrected chi connectivity index (χ1v) is 15.2. The predicted octanol–water partition coefficient (Wildman–Crippen LogP) is 4.80. The molecule has 208 valence electrons. The number of carbonyl (C=O) groups excluding carboxylic acids is 3. The maximum absolute atomic E-state index is 13.2. The van der Waals surface area contributed by atoms with Crippen molar-refractivity contribution in [3.63, 3.8) is 0 Å². The first kappa shape index (κ1) is 28.9. The van der Waals surface area contributed by atoms with E-state index in [-0.39, 0.29) is 40.9 Å². The van der Waals surface area contributed by atoms with Crippen LogP contribution in [-0.4, -0.2) is 54.3 Å². The van der Waals surface area contributed by atoms with Crippen LogP contribution in [0.1, 0.15) is 65.4 Å². The van der Waals surface area contributed by atoms with Gasteiger partial charge in [-0.2, -0.15) is 0 Å². The van der Waals surface area contributed by atoms with Gasteiger partial charge in [-0.1, -0.05) is 76.1 Å². The van der Waals surface area contributed by atoms with Gasteiger partial charge < -0.3 is 10.2 Å². The third-order valence-corrected chi connectivity index (χ3v) is 10.8. The Bertz CT molecular complexity index is 1060. The molecule has 3 aliphatic rings. The second-order valence-corrected chi connectivity index (χ2v) is 13.1. The lowest BCUT2D eigenvalue weighted by molar-refractivity contribution is -0.130. The number of Topliss-reactive ketones (excluding diaryl/α,β-unsaturated/α-hetero) is 2. The second-order valence-electron chi connectivity index (χ2n) is 12.2. The van der Waals surface area contributed by atoms with Crippen LogP contribution in [-0.2, 0) is 20.8 Å². The van der Waals surface area contributed by atoms with Crippen molar-refractivity contribution < 1.29 is 14.4 Å². The summed E-state index contributed by atoms with van der Waals surface area (Å²) in [5.74, 6) is 1.52. The summed E-state index contributed by atoms with van der Waals surface area (Å²) in [6.45, 7) is 9.57. The Morgan fingerprint density at radius 1 is 1.18 bits per heavy atom. The fourth-order valence-electron chi connectivity index (χ4n) is 6.82. The molecule has 0 aromatic heterocycles. The number of rotatable bonds is 13. The Morgan fingerprint density at radius 3 is 2.55 bits per heavy atom. The molecule has 3 aliphatic carbocycles. The zero-order valence-corrected chi connectivity index (χ0v) is 24.5. The number of amides is 1. The third-order valence-electron chi connectivity index (χ3n) is 9.84. The number of hydrogen-bond acceptors (Lipinski definition) is 6. The maximum Gasteiger partial charge on any atom is 0.224 e. The molecule has 38 heavy (non-hydrogen) atoms. The normalized spacial score (nSPS) is 28.3. The van der Waals surface area contributed by atoms with Gasteiger partial charge in [-0.25, -0.2) is 0 Å². The fourth-order valence-corrected chi connectivity index (χ4v) is 8.09. The number of nitrogens with one attached hydrogen (secondary N) is 2. The number of ketones is 2. The SMILES string of the molecule is CCC(NC(=O)C1CC(N(C)CCc2ccccc2)=CC1C)C(=O)CNSCC12CCC(CC1=O)C2(C)C. The lowest BCUT2D eigenvalue weighted by Gasteiger charge is -2.36. The number of benzene rings is 1. The minimum absolute atomic E-state index is 0.00836. The standard InChI is InChI=1S/C31H45N3O3S/c1-6-26(27(35)19-32-38-20-31-14-12-23(17-28(31)36)30(31,3)4)33-29(37)25-18-24(16-21(25)2)34(5)15-13-22-10-8-7-9-11-22/h7-11,16,21,23,25-26,32H,6,12-15,17-20H2,1-5H3,(H,33,37). The van der Waals surface area contributed by atoms with Crippen molar-refractivity contribution in [1.82, 2.24) is 14.9 Å². The van der Waals surface area contributed by atoms with Gasteiger partial charge in [0.15, 0.2) is 5.78 Å². The summed E-state index contributed by atoms with van der Waals surface area (Å²) in [6.07, 6.45) is 7.21. The van der Waals surface area contributed by atoms with Gasteiger partial charge in [-0.15, -0.1) is 0 Å². The van der Waals surface area contributed by atoms with Gasteiger partial charge in [0, 0.05) is 42.8 Å². The van der Waals surface area contributed by atoms with Crippen molar-refractivity contribution in [2.24, 2.45) is 28.6 Å². The molecule has 1 aromatic rings.